The maximum atomic E-state index is 12.9. The number of aliphatic imine (C=N–C) groups is 1. The van der Waals surface area contributed by atoms with E-state index in [1.165, 1.54) is 22.5 Å². The Bertz CT molecular complexity index is 1170. The van der Waals surface area contributed by atoms with Gasteiger partial charge in [0, 0.05) is 57.5 Å². The van der Waals surface area contributed by atoms with Gasteiger partial charge in [0.05, 0.1) is 6.54 Å². The van der Waals surface area contributed by atoms with Crippen LogP contribution in [-0.2, 0) is 11.3 Å². The molecule has 10 heteroatoms. The number of fused-ring (bicyclic) bond motifs is 3. The van der Waals surface area contributed by atoms with Crippen molar-refractivity contribution < 1.29 is 14.2 Å². The third-order valence-corrected chi connectivity index (χ3v) is 7.37. The van der Waals surface area contributed by atoms with Crippen molar-refractivity contribution in [3.8, 4) is 0 Å². The third-order valence-electron chi connectivity index (χ3n) is 7.13. The standard InChI is InChI=1S/C23H29ClN7O2/c1-15-16(2)31-19-20(26(3)23(33)27(4)21(19)32)25-22(31)30(15)13-10-28-8-11-29(12-9-28)18-7-5-6-17(24)14-18/h5-7,14,19H,8-13H2,1-4H3/q+1. The highest BCUT2D eigenvalue weighted by Crippen LogP contribution is 2.34. The monoisotopic (exact) mass is 470 g/mol. The van der Waals surface area contributed by atoms with Crippen LogP contribution in [0.5, 0.6) is 0 Å². The molecule has 4 heterocycles. The zero-order valence-corrected chi connectivity index (χ0v) is 20.2. The van der Waals surface area contributed by atoms with E-state index in [2.05, 4.69) is 27.4 Å². The molecule has 5 rings (SSSR count). The summed E-state index contributed by atoms with van der Waals surface area (Å²) in [5.74, 6) is 1.01. The van der Waals surface area contributed by atoms with Gasteiger partial charge in [0.2, 0.25) is 11.9 Å². The highest BCUT2D eigenvalue weighted by molar-refractivity contribution is 6.30. The number of urea groups is 1. The maximum Gasteiger partial charge on any atom is 0.402 e. The molecule has 1 unspecified atom stereocenters. The van der Waals surface area contributed by atoms with Crippen LogP contribution in [0, 0.1) is 13.8 Å². The first-order chi connectivity index (χ1) is 15.8. The zero-order chi connectivity index (χ0) is 23.4. The number of nitrogens with zero attached hydrogens (tertiary/aromatic N) is 7. The van der Waals surface area contributed by atoms with Gasteiger partial charge >= 0.3 is 12.0 Å². The number of halogens is 1. The van der Waals surface area contributed by atoms with Crippen LogP contribution in [-0.4, -0.2) is 83.9 Å². The Labute approximate surface area is 198 Å². The van der Waals surface area contributed by atoms with Gasteiger partial charge in [-0.15, -0.1) is 0 Å². The molecule has 33 heavy (non-hydrogen) atoms. The molecule has 1 aromatic heterocycles. The molecule has 3 aliphatic rings. The molecule has 1 aromatic carbocycles. The van der Waals surface area contributed by atoms with Crippen molar-refractivity contribution in [3.63, 3.8) is 0 Å². The van der Waals surface area contributed by atoms with Gasteiger partial charge < -0.3 is 4.90 Å². The number of hydrogen-bond donors (Lipinski definition) is 0. The fourth-order valence-corrected chi connectivity index (χ4v) is 5.18. The van der Waals surface area contributed by atoms with E-state index in [0.717, 1.165) is 61.6 Å². The first-order valence-corrected chi connectivity index (χ1v) is 11.6. The lowest BCUT2D eigenvalue weighted by molar-refractivity contribution is -0.688. The van der Waals surface area contributed by atoms with E-state index in [-0.39, 0.29) is 11.9 Å². The molecule has 2 fully saturated rings. The molecule has 0 radical (unpaired) electrons. The van der Waals surface area contributed by atoms with Gasteiger partial charge in [-0.1, -0.05) is 22.7 Å². The number of benzene rings is 1. The van der Waals surface area contributed by atoms with Crippen LogP contribution in [0.1, 0.15) is 17.4 Å². The molecule has 0 N–H and O–H groups in total. The number of rotatable bonds is 4. The average Bonchev–Trinajstić information content (AvgIpc) is 3.31. The second kappa shape index (κ2) is 8.14. The normalized spacial score (nSPS) is 20.9. The van der Waals surface area contributed by atoms with Gasteiger partial charge in [0.1, 0.15) is 11.4 Å². The van der Waals surface area contributed by atoms with Crippen molar-refractivity contribution in [3.05, 3.63) is 40.7 Å². The minimum Gasteiger partial charge on any atom is -0.369 e. The van der Waals surface area contributed by atoms with Crippen LogP contribution >= 0.6 is 11.6 Å². The van der Waals surface area contributed by atoms with Crippen molar-refractivity contribution in [1.82, 2.24) is 19.3 Å². The molecule has 3 aliphatic heterocycles. The Morgan fingerprint density at radius 2 is 1.82 bits per heavy atom. The van der Waals surface area contributed by atoms with E-state index >= 15 is 0 Å². The molecule has 2 aromatic rings. The lowest BCUT2D eigenvalue weighted by atomic mass is 10.1. The third kappa shape index (κ3) is 3.50. The van der Waals surface area contributed by atoms with E-state index in [1.807, 2.05) is 29.7 Å². The van der Waals surface area contributed by atoms with Crippen molar-refractivity contribution in [2.24, 2.45) is 4.99 Å². The Morgan fingerprint density at radius 3 is 2.52 bits per heavy atom. The Kier molecular flexibility index (Phi) is 5.41. The average molecular weight is 471 g/mol. The number of aromatic nitrogens is 2. The summed E-state index contributed by atoms with van der Waals surface area (Å²) in [6, 6.07) is 7.09. The first-order valence-electron chi connectivity index (χ1n) is 11.3. The van der Waals surface area contributed by atoms with E-state index in [1.54, 1.807) is 7.05 Å². The van der Waals surface area contributed by atoms with Gasteiger partial charge in [-0.2, -0.15) is 0 Å². The summed E-state index contributed by atoms with van der Waals surface area (Å²) in [6.45, 7) is 9.60. The second-order valence-electron chi connectivity index (χ2n) is 8.91. The van der Waals surface area contributed by atoms with Crippen LogP contribution in [0.2, 0.25) is 5.02 Å². The van der Waals surface area contributed by atoms with Crippen LogP contribution in [0.4, 0.5) is 16.4 Å². The van der Waals surface area contributed by atoms with Crippen molar-refractivity contribution >= 4 is 41.0 Å². The van der Waals surface area contributed by atoms with E-state index in [4.69, 9.17) is 16.6 Å². The molecule has 9 nitrogen and oxygen atoms in total. The number of likely N-dealkylation sites (N-methyl/N-ethyl adjacent to an activating group) is 2. The molecule has 0 saturated carbocycles. The Morgan fingerprint density at radius 1 is 1.09 bits per heavy atom. The number of imidazole rings is 1. The molecule has 0 aliphatic carbocycles. The minimum atomic E-state index is -0.575. The summed E-state index contributed by atoms with van der Waals surface area (Å²) >= 11 is 6.16. The molecule has 1 atom stereocenters. The fourth-order valence-electron chi connectivity index (χ4n) is 4.99. The second-order valence-corrected chi connectivity index (χ2v) is 9.35. The van der Waals surface area contributed by atoms with Crippen LogP contribution in [0.25, 0.3) is 0 Å². The number of carbonyl (C=O) groups is 2. The van der Waals surface area contributed by atoms with Gasteiger partial charge in [-0.25, -0.2) is 13.9 Å². The molecule has 0 bridgehead atoms. The summed E-state index contributed by atoms with van der Waals surface area (Å²) in [7, 11) is 3.20. The number of piperazine rings is 1. The summed E-state index contributed by atoms with van der Waals surface area (Å²) in [6.07, 6.45) is 0. The van der Waals surface area contributed by atoms with Crippen LogP contribution in [0.3, 0.4) is 0 Å². The SMILES string of the molecule is Cc1c(C)[n+](CCN2CCN(c3cccc(Cl)c3)CC2)c2n1C1C(=O)N(C)C(=O)N(C)C1=N2. The summed E-state index contributed by atoms with van der Waals surface area (Å²) < 4.78 is 4.15. The van der Waals surface area contributed by atoms with E-state index in [0.29, 0.717) is 5.84 Å². The van der Waals surface area contributed by atoms with Gasteiger partial charge in [-0.05, 0) is 32.0 Å². The number of amides is 3. The number of hydrogen-bond acceptors (Lipinski definition) is 5. The molecular formula is C23H29ClN7O2+. The van der Waals surface area contributed by atoms with Crippen molar-refractivity contribution in [1.29, 1.82) is 0 Å². The Hall–Kier alpha value is -2.91. The number of anilines is 1. The number of imide groups is 1. The highest BCUT2D eigenvalue weighted by Gasteiger charge is 2.53. The summed E-state index contributed by atoms with van der Waals surface area (Å²) in [4.78, 5) is 37.5. The predicted molar refractivity (Wildman–Crippen MR) is 126 cm³/mol. The maximum absolute atomic E-state index is 12.9. The van der Waals surface area contributed by atoms with Gasteiger partial charge in [-0.3, -0.25) is 19.5 Å². The van der Waals surface area contributed by atoms with Crippen LogP contribution < -0.4 is 9.47 Å². The van der Waals surface area contributed by atoms with Crippen molar-refractivity contribution in [2.45, 2.75) is 26.4 Å². The molecule has 3 amide bonds. The summed E-state index contributed by atoms with van der Waals surface area (Å²) in [5.41, 5.74) is 3.27. The highest BCUT2D eigenvalue weighted by atomic mass is 35.5. The topological polar surface area (TPSA) is 68.3 Å². The minimum absolute atomic E-state index is 0.238. The summed E-state index contributed by atoms with van der Waals surface area (Å²) in [5, 5.41) is 0.763. The smallest absolute Gasteiger partial charge is 0.369 e. The first kappa shape index (κ1) is 21.9. The molecule has 2 saturated heterocycles. The number of amidine groups is 1. The zero-order valence-electron chi connectivity index (χ0n) is 19.5. The lowest BCUT2D eigenvalue weighted by Crippen LogP contribution is -2.56. The van der Waals surface area contributed by atoms with Crippen molar-refractivity contribution in [2.75, 3.05) is 51.7 Å². The predicted octanol–water partition coefficient (Wildman–Crippen LogP) is 1.98. The lowest BCUT2D eigenvalue weighted by Gasteiger charge is -2.36. The van der Waals surface area contributed by atoms with Gasteiger partial charge in [0.15, 0.2) is 0 Å². The molecular weight excluding hydrogens is 442 g/mol. The van der Waals surface area contributed by atoms with E-state index < -0.39 is 6.04 Å². The molecule has 174 valence electrons. The molecule has 0 spiro atoms. The van der Waals surface area contributed by atoms with Crippen LogP contribution in [0.15, 0.2) is 29.3 Å². The quantitative estimate of drug-likeness (QED) is 0.641. The largest absolute Gasteiger partial charge is 0.402 e. The number of carbonyl (C=O) groups excluding carboxylic acids is 2. The van der Waals surface area contributed by atoms with E-state index in [9.17, 15) is 9.59 Å². The Balaban J connectivity index is 1.31. The van der Waals surface area contributed by atoms with Gasteiger partial charge in [0.25, 0.3) is 5.91 Å². The fraction of sp³-hybridized carbons (Fsp3) is 0.478.